The number of benzene rings is 1. The molecule has 0 atom stereocenters. The van der Waals surface area contributed by atoms with Gasteiger partial charge in [-0.3, -0.25) is 4.79 Å². The number of rotatable bonds is 1. The summed E-state index contributed by atoms with van der Waals surface area (Å²) < 4.78 is 61.2. The second-order valence-electron chi connectivity index (χ2n) is 2.55. The van der Waals surface area contributed by atoms with Gasteiger partial charge in [0.05, 0.1) is 10.0 Å². The van der Waals surface area contributed by atoms with Gasteiger partial charge in [-0.1, -0.05) is 0 Å². The van der Waals surface area contributed by atoms with Gasteiger partial charge in [-0.2, -0.15) is 13.2 Å². The fourth-order valence-corrected chi connectivity index (χ4v) is 1.21. The number of Topliss-reactive ketones (excluding diaryl/α,β-unsaturated/α-hetero) is 1. The largest absolute Gasteiger partial charge is 0.455 e. The van der Waals surface area contributed by atoms with Crippen LogP contribution in [0.5, 0.6) is 0 Å². The maximum absolute atomic E-state index is 13.0. The Morgan fingerprint density at radius 3 is 2.20 bits per heavy atom. The Balaban J connectivity index is 3.38. The van der Waals surface area contributed by atoms with Crippen molar-refractivity contribution >= 4 is 21.7 Å². The van der Waals surface area contributed by atoms with E-state index in [0.717, 1.165) is 6.07 Å². The molecule has 0 spiro atoms. The van der Waals surface area contributed by atoms with E-state index in [1.165, 1.54) is 0 Å². The first kappa shape index (κ1) is 12.1. The lowest BCUT2D eigenvalue weighted by atomic mass is 10.1. The molecular weight excluding hydrogens is 287 g/mol. The minimum Gasteiger partial charge on any atom is -0.284 e. The first-order valence-corrected chi connectivity index (χ1v) is 4.29. The summed E-state index contributed by atoms with van der Waals surface area (Å²) in [5.74, 6) is -5.64. The molecule has 0 N–H and O–H groups in total. The molecular formula is C8H2BrF5O. The fourth-order valence-electron chi connectivity index (χ4n) is 0.877. The van der Waals surface area contributed by atoms with Crippen LogP contribution in [0.25, 0.3) is 0 Å². The Morgan fingerprint density at radius 1 is 1.20 bits per heavy atom. The van der Waals surface area contributed by atoms with Crippen molar-refractivity contribution in [2.45, 2.75) is 6.18 Å². The van der Waals surface area contributed by atoms with Crippen LogP contribution in [0.15, 0.2) is 16.6 Å². The lowest BCUT2D eigenvalue weighted by molar-refractivity contribution is -0.0890. The van der Waals surface area contributed by atoms with Gasteiger partial charge in [0.2, 0.25) is 0 Å². The maximum atomic E-state index is 13.0. The number of hydrogen-bond acceptors (Lipinski definition) is 1. The topological polar surface area (TPSA) is 17.1 Å². The van der Waals surface area contributed by atoms with Crippen molar-refractivity contribution in [3.05, 3.63) is 33.8 Å². The van der Waals surface area contributed by atoms with Gasteiger partial charge in [-0.15, -0.1) is 0 Å². The zero-order valence-electron chi connectivity index (χ0n) is 6.83. The Hall–Kier alpha value is -0.980. The highest BCUT2D eigenvalue weighted by molar-refractivity contribution is 9.10. The molecule has 7 heteroatoms. The van der Waals surface area contributed by atoms with Gasteiger partial charge in [-0.25, -0.2) is 8.78 Å². The predicted molar refractivity (Wildman–Crippen MR) is 44.4 cm³/mol. The lowest BCUT2D eigenvalue weighted by Gasteiger charge is -2.07. The van der Waals surface area contributed by atoms with Crippen LogP contribution in [0.4, 0.5) is 22.0 Å². The molecule has 0 unspecified atom stereocenters. The summed E-state index contributed by atoms with van der Waals surface area (Å²) in [7, 11) is 0. The van der Waals surface area contributed by atoms with E-state index in [9.17, 15) is 26.7 Å². The van der Waals surface area contributed by atoms with Crippen molar-refractivity contribution in [3.63, 3.8) is 0 Å². The fraction of sp³-hybridized carbons (Fsp3) is 0.125. The standard InChI is InChI=1S/C8H2BrF5O/c9-3-1-2-4(10)5(6(3)11)7(15)8(12,13)14/h1-2H. The molecule has 0 heterocycles. The van der Waals surface area contributed by atoms with E-state index in [4.69, 9.17) is 0 Å². The summed E-state index contributed by atoms with van der Waals surface area (Å²) in [4.78, 5) is 10.6. The summed E-state index contributed by atoms with van der Waals surface area (Å²) in [5, 5.41) is 0. The van der Waals surface area contributed by atoms with Crippen LogP contribution in [0.2, 0.25) is 0 Å². The molecule has 1 rings (SSSR count). The van der Waals surface area contributed by atoms with E-state index < -0.39 is 33.6 Å². The van der Waals surface area contributed by atoms with Crippen LogP contribution in [0, 0.1) is 11.6 Å². The first-order valence-electron chi connectivity index (χ1n) is 3.50. The summed E-state index contributed by atoms with van der Waals surface area (Å²) in [6.45, 7) is 0. The number of hydrogen-bond donors (Lipinski definition) is 0. The van der Waals surface area contributed by atoms with Crippen molar-refractivity contribution in [3.8, 4) is 0 Å². The summed E-state index contributed by atoms with van der Waals surface area (Å²) in [6.07, 6.45) is -5.30. The smallest absolute Gasteiger partial charge is 0.284 e. The van der Waals surface area contributed by atoms with Crippen molar-refractivity contribution in [2.75, 3.05) is 0 Å². The van der Waals surface area contributed by atoms with Crippen LogP contribution < -0.4 is 0 Å². The first-order chi connectivity index (χ1) is 6.75. The minimum atomic E-state index is -5.30. The number of alkyl halides is 3. The molecule has 0 amide bonds. The van der Waals surface area contributed by atoms with E-state index in [-0.39, 0.29) is 0 Å². The highest BCUT2D eigenvalue weighted by Crippen LogP contribution is 2.28. The van der Waals surface area contributed by atoms with Gasteiger partial charge in [0, 0.05) is 0 Å². The molecule has 15 heavy (non-hydrogen) atoms. The second-order valence-corrected chi connectivity index (χ2v) is 3.40. The van der Waals surface area contributed by atoms with Gasteiger partial charge in [0.25, 0.3) is 5.78 Å². The molecule has 0 saturated heterocycles. The average molecular weight is 289 g/mol. The van der Waals surface area contributed by atoms with Crippen LogP contribution in [-0.4, -0.2) is 12.0 Å². The van der Waals surface area contributed by atoms with Crippen LogP contribution in [0.1, 0.15) is 10.4 Å². The second kappa shape index (κ2) is 3.88. The molecule has 1 nitrogen and oxygen atoms in total. The Bertz CT molecular complexity index is 412. The van der Waals surface area contributed by atoms with Crippen molar-refractivity contribution < 1.29 is 26.7 Å². The molecule has 0 saturated carbocycles. The molecule has 0 fully saturated rings. The SMILES string of the molecule is O=C(c1c(F)ccc(Br)c1F)C(F)(F)F. The maximum Gasteiger partial charge on any atom is 0.455 e. The van der Waals surface area contributed by atoms with Crippen LogP contribution in [0.3, 0.4) is 0 Å². The zero-order valence-corrected chi connectivity index (χ0v) is 8.42. The molecule has 1 aromatic carbocycles. The summed E-state index contributed by atoms with van der Waals surface area (Å²) >= 11 is 2.55. The van der Waals surface area contributed by atoms with E-state index in [0.29, 0.717) is 6.07 Å². The normalized spacial score (nSPS) is 11.6. The molecule has 0 bridgehead atoms. The highest BCUT2D eigenvalue weighted by atomic mass is 79.9. The average Bonchev–Trinajstić information content (AvgIpc) is 2.10. The van der Waals surface area contributed by atoms with Crippen molar-refractivity contribution in [1.82, 2.24) is 0 Å². The van der Waals surface area contributed by atoms with E-state index >= 15 is 0 Å². The monoisotopic (exact) mass is 288 g/mol. The zero-order chi connectivity index (χ0) is 11.8. The predicted octanol–water partition coefficient (Wildman–Crippen LogP) is 3.47. The van der Waals surface area contributed by atoms with Gasteiger partial charge < -0.3 is 0 Å². The molecule has 82 valence electrons. The van der Waals surface area contributed by atoms with E-state index in [1.807, 2.05) is 0 Å². The summed E-state index contributed by atoms with van der Waals surface area (Å²) in [6, 6.07) is 1.45. The Morgan fingerprint density at radius 2 is 1.73 bits per heavy atom. The number of carbonyl (C=O) groups excluding carboxylic acids is 1. The van der Waals surface area contributed by atoms with Gasteiger partial charge in [0.1, 0.15) is 5.82 Å². The number of ketones is 1. The minimum absolute atomic E-state index is 0.406. The highest BCUT2D eigenvalue weighted by Gasteiger charge is 2.42. The van der Waals surface area contributed by atoms with Crippen LogP contribution in [-0.2, 0) is 0 Å². The molecule has 0 aliphatic heterocycles. The third kappa shape index (κ3) is 2.34. The third-order valence-corrected chi connectivity index (χ3v) is 2.14. The molecule has 0 aliphatic rings. The lowest BCUT2D eigenvalue weighted by Crippen LogP contribution is -2.25. The summed E-state index contributed by atoms with van der Waals surface area (Å²) in [5.41, 5.74) is -1.60. The Labute approximate surface area is 89.0 Å². The van der Waals surface area contributed by atoms with Gasteiger partial charge >= 0.3 is 6.18 Å². The number of halogens is 6. The van der Waals surface area contributed by atoms with Crippen LogP contribution >= 0.6 is 15.9 Å². The quantitative estimate of drug-likeness (QED) is 0.439. The van der Waals surface area contributed by atoms with Gasteiger partial charge in [0.15, 0.2) is 5.82 Å². The van der Waals surface area contributed by atoms with Gasteiger partial charge in [-0.05, 0) is 28.1 Å². The van der Waals surface area contributed by atoms with E-state index in [1.54, 1.807) is 0 Å². The number of carbonyl (C=O) groups is 1. The van der Waals surface area contributed by atoms with E-state index in [2.05, 4.69) is 15.9 Å². The third-order valence-electron chi connectivity index (χ3n) is 1.53. The van der Waals surface area contributed by atoms with Crippen molar-refractivity contribution in [1.29, 1.82) is 0 Å². The molecule has 0 aliphatic carbocycles. The molecule has 0 radical (unpaired) electrons. The molecule has 0 aromatic heterocycles. The molecule has 1 aromatic rings. The Kier molecular flexibility index (Phi) is 3.13. The van der Waals surface area contributed by atoms with Crippen molar-refractivity contribution in [2.24, 2.45) is 0 Å².